The molecule has 1 aliphatic heterocycles. The van der Waals surface area contributed by atoms with E-state index in [-0.39, 0.29) is 0 Å². The number of rotatable bonds is 1. The summed E-state index contributed by atoms with van der Waals surface area (Å²) < 4.78 is 5.83. The predicted octanol–water partition coefficient (Wildman–Crippen LogP) is 3.19. The molecule has 0 bridgehead atoms. The first-order chi connectivity index (χ1) is 9.63. The van der Waals surface area contributed by atoms with E-state index in [0.29, 0.717) is 16.5 Å². The highest BCUT2D eigenvalue weighted by molar-refractivity contribution is 6.31. The Kier molecular flexibility index (Phi) is 2.72. The molecule has 4 rings (SSSR count). The van der Waals surface area contributed by atoms with Gasteiger partial charge in [-0.05, 0) is 49.3 Å². The van der Waals surface area contributed by atoms with Crippen LogP contribution in [0.25, 0.3) is 11.1 Å². The van der Waals surface area contributed by atoms with Crippen LogP contribution in [0.1, 0.15) is 25.7 Å². The first-order valence-electron chi connectivity index (χ1n) is 7.20. The number of anilines is 1. The van der Waals surface area contributed by atoms with Crippen LogP contribution < -0.4 is 10.6 Å². The van der Waals surface area contributed by atoms with Crippen LogP contribution in [-0.2, 0) is 0 Å². The Morgan fingerprint density at radius 3 is 2.75 bits per heavy atom. The van der Waals surface area contributed by atoms with E-state index in [1.165, 1.54) is 25.7 Å². The van der Waals surface area contributed by atoms with Crippen LogP contribution in [0, 0.1) is 5.41 Å². The molecule has 2 fully saturated rings. The molecule has 1 aliphatic carbocycles. The third-order valence-electron chi connectivity index (χ3n) is 4.82. The molecule has 2 aliphatic rings. The summed E-state index contributed by atoms with van der Waals surface area (Å²) in [4.78, 5) is 6.79. The molecule has 20 heavy (non-hydrogen) atoms. The van der Waals surface area contributed by atoms with Gasteiger partial charge in [-0.25, -0.2) is 0 Å². The van der Waals surface area contributed by atoms with Crippen LogP contribution in [0.15, 0.2) is 22.6 Å². The fourth-order valence-corrected chi connectivity index (χ4v) is 3.82. The predicted molar refractivity (Wildman–Crippen MR) is 80.1 cm³/mol. The second kappa shape index (κ2) is 4.37. The Labute approximate surface area is 122 Å². The molecule has 0 atom stereocenters. The molecule has 1 spiro atoms. The van der Waals surface area contributed by atoms with Crippen LogP contribution in [0.2, 0.25) is 5.02 Å². The van der Waals surface area contributed by atoms with Gasteiger partial charge in [0.05, 0.1) is 0 Å². The quantitative estimate of drug-likeness (QED) is 0.877. The van der Waals surface area contributed by atoms with Gasteiger partial charge in [-0.1, -0.05) is 11.6 Å². The molecule has 4 nitrogen and oxygen atoms in total. The number of hydrogen-bond donors (Lipinski definition) is 1. The Morgan fingerprint density at radius 1 is 1.30 bits per heavy atom. The summed E-state index contributed by atoms with van der Waals surface area (Å²) in [5, 5.41) is 0.693. The lowest BCUT2D eigenvalue weighted by atomic mass is 9.61. The zero-order valence-corrected chi connectivity index (χ0v) is 12.1. The van der Waals surface area contributed by atoms with Crippen molar-refractivity contribution in [3.05, 3.63) is 23.2 Å². The largest absolute Gasteiger partial charge is 0.423 e. The summed E-state index contributed by atoms with van der Waals surface area (Å²) in [5.74, 6) is 0. The minimum absolute atomic E-state index is 0.424. The molecule has 0 unspecified atom stereocenters. The van der Waals surface area contributed by atoms with Gasteiger partial charge in [0.2, 0.25) is 0 Å². The van der Waals surface area contributed by atoms with E-state index in [4.69, 9.17) is 21.8 Å². The highest BCUT2D eigenvalue weighted by atomic mass is 35.5. The number of fused-ring (bicyclic) bond motifs is 1. The average molecular weight is 292 g/mol. The van der Waals surface area contributed by atoms with Crippen molar-refractivity contribution in [2.45, 2.75) is 31.7 Å². The lowest BCUT2D eigenvalue weighted by molar-refractivity contribution is 0.0702. The second-order valence-electron chi connectivity index (χ2n) is 6.26. The van der Waals surface area contributed by atoms with Crippen molar-refractivity contribution in [1.29, 1.82) is 0 Å². The molecule has 2 N–H and O–H groups in total. The smallest absolute Gasteiger partial charge is 0.298 e. The van der Waals surface area contributed by atoms with Crippen molar-refractivity contribution in [2.75, 3.05) is 18.0 Å². The highest BCUT2D eigenvalue weighted by Gasteiger charge is 2.44. The Morgan fingerprint density at radius 2 is 2.05 bits per heavy atom. The van der Waals surface area contributed by atoms with Crippen molar-refractivity contribution in [3.63, 3.8) is 0 Å². The van der Waals surface area contributed by atoms with Gasteiger partial charge in [0.15, 0.2) is 5.58 Å². The summed E-state index contributed by atoms with van der Waals surface area (Å²) in [6.45, 7) is 2.01. The standard InChI is InChI=1S/C15H18ClN3O/c16-10-1-2-13-12(7-10)18-14(20-13)19-5-3-15(4-6-19)8-11(17)9-15/h1-2,7,11H,3-6,8-9,17H2. The van der Waals surface area contributed by atoms with Gasteiger partial charge in [-0.15, -0.1) is 0 Å². The molecule has 106 valence electrons. The minimum Gasteiger partial charge on any atom is -0.423 e. The first kappa shape index (κ1) is 12.5. The number of oxazole rings is 1. The van der Waals surface area contributed by atoms with E-state index in [9.17, 15) is 0 Å². The number of halogens is 1. The van der Waals surface area contributed by atoms with Gasteiger partial charge in [-0.3, -0.25) is 0 Å². The van der Waals surface area contributed by atoms with E-state index in [1.807, 2.05) is 18.2 Å². The number of aromatic nitrogens is 1. The third kappa shape index (κ3) is 1.98. The highest BCUT2D eigenvalue weighted by Crippen LogP contribution is 2.48. The van der Waals surface area contributed by atoms with Crippen molar-refractivity contribution < 1.29 is 4.42 Å². The first-order valence-corrected chi connectivity index (χ1v) is 7.58. The SMILES string of the molecule is NC1CC2(CCN(c3nc4cc(Cl)ccc4o3)CC2)C1. The number of hydrogen-bond acceptors (Lipinski definition) is 4. The minimum atomic E-state index is 0.424. The topological polar surface area (TPSA) is 55.3 Å². The van der Waals surface area contributed by atoms with E-state index >= 15 is 0 Å². The maximum absolute atomic E-state index is 5.98. The molecule has 1 aromatic heterocycles. The van der Waals surface area contributed by atoms with Crippen LogP contribution >= 0.6 is 11.6 Å². The fourth-order valence-electron chi connectivity index (χ4n) is 3.66. The number of nitrogens with two attached hydrogens (primary N) is 1. The van der Waals surface area contributed by atoms with Crippen LogP contribution in [0.5, 0.6) is 0 Å². The van der Waals surface area contributed by atoms with Gasteiger partial charge < -0.3 is 15.1 Å². The molecule has 5 heteroatoms. The summed E-state index contributed by atoms with van der Waals surface area (Å²) in [7, 11) is 0. The molecule has 0 radical (unpaired) electrons. The number of piperidine rings is 1. The average Bonchev–Trinajstić information content (AvgIpc) is 2.81. The van der Waals surface area contributed by atoms with Crippen molar-refractivity contribution in [1.82, 2.24) is 4.98 Å². The maximum atomic E-state index is 5.98. The molecule has 1 saturated heterocycles. The molecule has 2 heterocycles. The summed E-state index contributed by atoms with van der Waals surface area (Å²) in [5.41, 5.74) is 8.08. The van der Waals surface area contributed by atoms with Crippen molar-refractivity contribution in [3.8, 4) is 0 Å². The summed E-state index contributed by atoms with van der Waals surface area (Å²) in [6, 6.07) is 6.71. The zero-order chi connectivity index (χ0) is 13.7. The van der Waals surface area contributed by atoms with Gasteiger partial charge in [0.1, 0.15) is 5.52 Å². The normalized spacial score (nSPS) is 22.4. The number of benzene rings is 1. The Bertz CT molecular complexity index is 638. The van der Waals surface area contributed by atoms with Gasteiger partial charge in [-0.2, -0.15) is 4.98 Å². The van der Waals surface area contributed by atoms with Crippen molar-refractivity contribution >= 4 is 28.7 Å². The molecule has 1 saturated carbocycles. The lowest BCUT2D eigenvalue weighted by Gasteiger charge is -2.50. The summed E-state index contributed by atoms with van der Waals surface area (Å²) in [6.07, 6.45) is 4.76. The monoisotopic (exact) mass is 291 g/mol. The van der Waals surface area contributed by atoms with E-state index < -0.39 is 0 Å². The molecular weight excluding hydrogens is 274 g/mol. The molecular formula is C15H18ClN3O. The van der Waals surface area contributed by atoms with Crippen molar-refractivity contribution in [2.24, 2.45) is 11.1 Å². The van der Waals surface area contributed by atoms with E-state index in [1.54, 1.807) is 0 Å². The van der Waals surface area contributed by atoms with Crippen LogP contribution in [-0.4, -0.2) is 24.1 Å². The van der Waals surface area contributed by atoms with Gasteiger partial charge in [0, 0.05) is 24.2 Å². The van der Waals surface area contributed by atoms with E-state index in [2.05, 4.69) is 9.88 Å². The van der Waals surface area contributed by atoms with Crippen LogP contribution in [0.4, 0.5) is 6.01 Å². The maximum Gasteiger partial charge on any atom is 0.298 e. The summed E-state index contributed by atoms with van der Waals surface area (Å²) >= 11 is 5.98. The van der Waals surface area contributed by atoms with Gasteiger partial charge >= 0.3 is 0 Å². The molecule has 2 aromatic rings. The Balaban J connectivity index is 1.53. The lowest BCUT2D eigenvalue weighted by Crippen LogP contribution is -2.52. The van der Waals surface area contributed by atoms with E-state index in [0.717, 1.165) is 30.2 Å². The second-order valence-corrected chi connectivity index (χ2v) is 6.70. The zero-order valence-electron chi connectivity index (χ0n) is 11.3. The van der Waals surface area contributed by atoms with Crippen LogP contribution in [0.3, 0.4) is 0 Å². The van der Waals surface area contributed by atoms with Gasteiger partial charge in [0.25, 0.3) is 6.01 Å². The molecule has 1 aromatic carbocycles. The number of nitrogens with zero attached hydrogens (tertiary/aromatic N) is 2. The third-order valence-corrected chi connectivity index (χ3v) is 5.06. The fraction of sp³-hybridized carbons (Fsp3) is 0.533. The Hall–Kier alpha value is -1.26. The molecule has 0 amide bonds.